The van der Waals surface area contributed by atoms with Crippen LogP contribution in [-0.4, -0.2) is 34.0 Å². The lowest BCUT2D eigenvalue weighted by atomic mass is 9.80. The van der Waals surface area contributed by atoms with Crippen molar-refractivity contribution in [2.45, 2.75) is 57.4 Å². The first-order valence-corrected chi connectivity index (χ1v) is 9.97. The summed E-state index contributed by atoms with van der Waals surface area (Å²) in [6.07, 6.45) is 4.95. The second kappa shape index (κ2) is 8.44. The van der Waals surface area contributed by atoms with Crippen LogP contribution in [0.2, 0.25) is 0 Å². The molecule has 3 rings (SSSR count). The van der Waals surface area contributed by atoms with Gasteiger partial charge in [0.05, 0.1) is 4.88 Å². The Balaban J connectivity index is 1.57. The Kier molecular flexibility index (Phi) is 6.03. The Labute approximate surface area is 156 Å². The summed E-state index contributed by atoms with van der Waals surface area (Å²) in [5, 5.41) is 11.7. The van der Waals surface area contributed by atoms with Gasteiger partial charge in [-0.1, -0.05) is 30.5 Å². The number of nitrogens with zero attached hydrogens (tertiary/aromatic N) is 2. The quantitative estimate of drug-likeness (QED) is 0.774. The predicted molar refractivity (Wildman–Crippen MR) is 98.6 cm³/mol. The van der Waals surface area contributed by atoms with Gasteiger partial charge in [-0.05, 0) is 31.2 Å². The second-order valence-corrected chi connectivity index (χ2v) is 7.49. The number of likely N-dealkylation sites (N-methyl/N-ethyl adjacent to an activating group) is 1. The van der Waals surface area contributed by atoms with Crippen molar-refractivity contribution in [2.75, 3.05) is 6.54 Å². The van der Waals surface area contributed by atoms with Crippen molar-refractivity contribution in [3.8, 4) is 10.7 Å². The number of hydrogen-bond donors (Lipinski definition) is 2. The third-order valence-electron chi connectivity index (χ3n) is 4.63. The Morgan fingerprint density at radius 3 is 2.81 bits per heavy atom. The lowest BCUT2D eigenvalue weighted by Gasteiger charge is -2.36. The molecule has 1 aliphatic carbocycles. The first kappa shape index (κ1) is 18.6. The molecule has 0 unspecified atom stereocenters. The fraction of sp³-hybridized carbons (Fsp3) is 0.556. The van der Waals surface area contributed by atoms with Crippen LogP contribution in [0.15, 0.2) is 22.0 Å². The summed E-state index contributed by atoms with van der Waals surface area (Å²) in [5.41, 5.74) is -0.775. The standard InChI is InChI=1S/C18H24N4O3S/c1-2-19-17(24)18(10-4-3-5-11-18)21-14(23)8-9-15-20-16(22-25-15)13-7-6-12-26-13/h6-7,12H,2-5,8-11H2,1H3,(H,19,24)(H,21,23). The summed E-state index contributed by atoms with van der Waals surface area (Å²) in [6.45, 7) is 2.45. The number of nitrogens with one attached hydrogen (secondary N) is 2. The van der Waals surface area contributed by atoms with Crippen molar-refractivity contribution >= 4 is 23.2 Å². The third-order valence-corrected chi connectivity index (χ3v) is 5.50. The second-order valence-electron chi connectivity index (χ2n) is 6.54. The van der Waals surface area contributed by atoms with E-state index in [-0.39, 0.29) is 18.2 Å². The SMILES string of the molecule is CCNC(=O)C1(NC(=O)CCc2nc(-c3cccs3)no2)CCCCC1. The Morgan fingerprint density at radius 2 is 2.12 bits per heavy atom. The topological polar surface area (TPSA) is 97.1 Å². The van der Waals surface area contributed by atoms with E-state index >= 15 is 0 Å². The van der Waals surface area contributed by atoms with Crippen molar-refractivity contribution < 1.29 is 14.1 Å². The maximum atomic E-state index is 12.5. The predicted octanol–water partition coefficient (Wildman–Crippen LogP) is 2.69. The fourth-order valence-electron chi connectivity index (χ4n) is 3.31. The van der Waals surface area contributed by atoms with Gasteiger partial charge in [0.25, 0.3) is 0 Å². The highest BCUT2D eigenvalue weighted by Crippen LogP contribution is 2.29. The minimum absolute atomic E-state index is 0.0779. The molecule has 0 spiro atoms. The number of rotatable bonds is 7. The number of aryl methyl sites for hydroxylation is 1. The Morgan fingerprint density at radius 1 is 1.31 bits per heavy atom. The minimum Gasteiger partial charge on any atom is -0.354 e. The van der Waals surface area contributed by atoms with E-state index in [1.807, 2.05) is 24.4 Å². The van der Waals surface area contributed by atoms with E-state index in [0.29, 0.717) is 37.5 Å². The molecular formula is C18H24N4O3S. The zero-order chi connectivity index (χ0) is 18.4. The molecule has 0 atom stereocenters. The lowest BCUT2D eigenvalue weighted by molar-refractivity contribution is -0.135. The molecule has 0 saturated heterocycles. The van der Waals surface area contributed by atoms with Gasteiger partial charge in [0, 0.05) is 19.4 Å². The molecule has 1 aliphatic rings. The van der Waals surface area contributed by atoms with E-state index in [1.165, 1.54) is 11.3 Å². The number of hydrogen-bond acceptors (Lipinski definition) is 6. The Hall–Kier alpha value is -2.22. The van der Waals surface area contributed by atoms with E-state index in [9.17, 15) is 9.59 Å². The van der Waals surface area contributed by atoms with Crippen LogP contribution in [0.3, 0.4) is 0 Å². The van der Waals surface area contributed by atoms with Crippen molar-refractivity contribution in [1.29, 1.82) is 0 Å². The largest absolute Gasteiger partial charge is 0.354 e. The summed E-state index contributed by atoms with van der Waals surface area (Å²) >= 11 is 1.54. The number of carbonyl (C=O) groups excluding carboxylic acids is 2. The minimum atomic E-state index is -0.775. The van der Waals surface area contributed by atoms with Gasteiger partial charge in [0.2, 0.25) is 23.5 Å². The van der Waals surface area contributed by atoms with Crippen molar-refractivity contribution in [3.05, 3.63) is 23.4 Å². The Bertz CT molecular complexity index is 735. The van der Waals surface area contributed by atoms with Crippen LogP contribution in [0, 0.1) is 0 Å². The number of thiophene rings is 1. The van der Waals surface area contributed by atoms with Crippen LogP contribution in [-0.2, 0) is 16.0 Å². The van der Waals surface area contributed by atoms with Gasteiger partial charge in [-0.3, -0.25) is 9.59 Å². The molecule has 7 nitrogen and oxygen atoms in total. The average Bonchev–Trinajstić information content (AvgIpc) is 3.32. The van der Waals surface area contributed by atoms with Crippen molar-refractivity contribution in [2.24, 2.45) is 0 Å². The molecule has 1 saturated carbocycles. The third kappa shape index (κ3) is 4.30. The van der Waals surface area contributed by atoms with Crippen LogP contribution < -0.4 is 10.6 Å². The van der Waals surface area contributed by atoms with Gasteiger partial charge >= 0.3 is 0 Å². The summed E-state index contributed by atoms with van der Waals surface area (Å²) in [7, 11) is 0. The zero-order valence-electron chi connectivity index (χ0n) is 14.9. The number of aromatic nitrogens is 2. The average molecular weight is 376 g/mol. The van der Waals surface area contributed by atoms with Gasteiger partial charge in [0.15, 0.2) is 0 Å². The molecule has 1 fully saturated rings. The molecular weight excluding hydrogens is 352 g/mol. The van der Waals surface area contributed by atoms with Gasteiger partial charge in [0.1, 0.15) is 5.54 Å². The fourth-order valence-corrected chi connectivity index (χ4v) is 3.96. The molecule has 8 heteroatoms. The van der Waals surface area contributed by atoms with Crippen LogP contribution in [0.1, 0.15) is 51.3 Å². The maximum Gasteiger partial charge on any atom is 0.245 e. The summed E-state index contributed by atoms with van der Waals surface area (Å²) in [4.78, 5) is 30.2. The normalized spacial score (nSPS) is 16.2. The monoisotopic (exact) mass is 376 g/mol. The van der Waals surface area contributed by atoms with E-state index in [1.54, 1.807) is 0 Å². The highest BCUT2D eigenvalue weighted by atomic mass is 32.1. The van der Waals surface area contributed by atoms with Crippen molar-refractivity contribution in [1.82, 2.24) is 20.8 Å². The molecule has 140 valence electrons. The van der Waals surface area contributed by atoms with Gasteiger partial charge in [-0.15, -0.1) is 11.3 Å². The zero-order valence-corrected chi connectivity index (χ0v) is 15.7. The molecule has 2 aromatic heterocycles. The number of carbonyl (C=O) groups is 2. The molecule has 26 heavy (non-hydrogen) atoms. The van der Waals surface area contributed by atoms with E-state index in [4.69, 9.17) is 4.52 Å². The van der Waals surface area contributed by atoms with Crippen LogP contribution in [0.25, 0.3) is 10.7 Å². The summed E-state index contributed by atoms with van der Waals surface area (Å²) in [6, 6.07) is 3.85. The maximum absolute atomic E-state index is 12.5. The lowest BCUT2D eigenvalue weighted by Crippen LogP contribution is -2.59. The first-order valence-electron chi connectivity index (χ1n) is 9.09. The summed E-state index contributed by atoms with van der Waals surface area (Å²) < 4.78 is 5.23. The van der Waals surface area contributed by atoms with E-state index in [2.05, 4.69) is 20.8 Å². The van der Waals surface area contributed by atoms with Gasteiger partial charge in [-0.25, -0.2) is 0 Å². The highest BCUT2D eigenvalue weighted by molar-refractivity contribution is 7.13. The van der Waals surface area contributed by atoms with Crippen LogP contribution in [0.4, 0.5) is 0 Å². The van der Waals surface area contributed by atoms with Crippen molar-refractivity contribution in [3.63, 3.8) is 0 Å². The van der Waals surface area contributed by atoms with Crippen LogP contribution >= 0.6 is 11.3 Å². The smallest absolute Gasteiger partial charge is 0.245 e. The van der Waals surface area contributed by atoms with E-state index in [0.717, 1.165) is 24.1 Å². The molecule has 2 aromatic rings. The van der Waals surface area contributed by atoms with Crippen LogP contribution in [0.5, 0.6) is 0 Å². The van der Waals surface area contributed by atoms with Gasteiger partial charge < -0.3 is 15.2 Å². The van der Waals surface area contributed by atoms with Gasteiger partial charge in [-0.2, -0.15) is 4.98 Å². The number of amides is 2. The first-order chi connectivity index (χ1) is 12.6. The molecule has 0 aromatic carbocycles. The molecule has 2 amide bonds. The van der Waals surface area contributed by atoms with E-state index < -0.39 is 5.54 Å². The summed E-state index contributed by atoms with van der Waals surface area (Å²) in [5.74, 6) is 0.737. The molecule has 0 bridgehead atoms. The highest BCUT2D eigenvalue weighted by Gasteiger charge is 2.40. The molecule has 0 aliphatic heterocycles. The molecule has 2 N–H and O–H groups in total. The molecule has 0 radical (unpaired) electrons. The molecule has 2 heterocycles.